The quantitative estimate of drug-likeness (QED) is 0.780. The molecule has 4 nitrogen and oxygen atoms in total. The third-order valence-electron chi connectivity index (χ3n) is 3.83. The summed E-state index contributed by atoms with van der Waals surface area (Å²) in [5.74, 6) is 1.11. The van der Waals surface area contributed by atoms with Gasteiger partial charge in [-0.2, -0.15) is 0 Å². The molecule has 0 amide bonds. The van der Waals surface area contributed by atoms with E-state index in [0.29, 0.717) is 0 Å². The number of phenolic OH excluding ortho intramolecular Hbond substituents is 1. The number of hydrogen-bond acceptors (Lipinski definition) is 4. The first-order chi connectivity index (χ1) is 10.6. The molecule has 2 heterocycles. The lowest BCUT2D eigenvalue weighted by atomic mass is 10.1. The molecule has 22 heavy (non-hydrogen) atoms. The number of aromatic hydroxyl groups is 1. The fourth-order valence-corrected chi connectivity index (χ4v) is 3.67. The molecule has 3 aromatic rings. The molecule has 0 fully saturated rings. The molecule has 5 heteroatoms. The Labute approximate surface area is 134 Å². The van der Waals surface area contributed by atoms with Gasteiger partial charge in [0.1, 0.15) is 16.6 Å². The molecule has 0 aliphatic rings. The van der Waals surface area contributed by atoms with Gasteiger partial charge in [-0.3, -0.25) is 0 Å². The number of nitrogens with zero attached hydrogens (tertiary/aromatic N) is 3. The second-order valence-electron chi connectivity index (χ2n) is 5.33. The largest absolute Gasteiger partial charge is 0.508 e. The first-order valence-electron chi connectivity index (χ1n) is 7.36. The molecule has 1 N–H and O–H groups in total. The van der Waals surface area contributed by atoms with E-state index in [2.05, 4.69) is 23.4 Å². The first kappa shape index (κ1) is 14.8. The maximum Gasteiger partial charge on any atom is 0.140 e. The molecule has 114 valence electrons. The smallest absolute Gasteiger partial charge is 0.140 e. The fraction of sp³-hybridized carbons (Fsp3) is 0.294. The van der Waals surface area contributed by atoms with Crippen molar-refractivity contribution in [2.24, 2.45) is 0 Å². The maximum atomic E-state index is 9.71. The molecular formula is C17H19N3OS. The summed E-state index contributed by atoms with van der Waals surface area (Å²) in [6, 6.07) is 7.37. The highest BCUT2D eigenvalue weighted by Gasteiger charge is 2.20. The van der Waals surface area contributed by atoms with Gasteiger partial charge in [-0.05, 0) is 32.4 Å². The Hall–Kier alpha value is -2.14. The molecule has 0 bridgehead atoms. The van der Waals surface area contributed by atoms with Crippen LogP contribution in [0.2, 0.25) is 0 Å². The predicted molar refractivity (Wildman–Crippen MR) is 89.3 cm³/mol. The summed E-state index contributed by atoms with van der Waals surface area (Å²) in [7, 11) is 0. The van der Waals surface area contributed by atoms with Crippen LogP contribution in [0, 0.1) is 13.8 Å². The van der Waals surface area contributed by atoms with Crippen LogP contribution in [0.5, 0.6) is 5.75 Å². The van der Waals surface area contributed by atoms with Crippen molar-refractivity contribution in [2.75, 3.05) is 0 Å². The highest BCUT2D eigenvalue weighted by molar-refractivity contribution is 7.11. The second kappa shape index (κ2) is 5.93. The van der Waals surface area contributed by atoms with E-state index in [-0.39, 0.29) is 11.8 Å². The summed E-state index contributed by atoms with van der Waals surface area (Å²) in [5.41, 5.74) is 2.01. The van der Waals surface area contributed by atoms with Crippen molar-refractivity contribution in [3.05, 3.63) is 52.2 Å². The van der Waals surface area contributed by atoms with Gasteiger partial charge in [0.2, 0.25) is 0 Å². The van der Waals surface area contributed by atoms with E-state index in [1.807, 2.05) is 25.3 Å². The Kier molecular flexibility index (Phi) is 3.98. The van der Waals surface area contributed by atoms with E-state index in [1.54, 1.807) is 29.7 Å². The number of hydrogen-bond donors (Lipinski definition) is 1. The monoisotopic (exact) mass is 313 g/mol. The van der Waals surface area contributed by atoms with Crippen LogP contribution in [-0.4, -0.2) is 19.6 Å². The Bertz CT molecular complexity index is 771. The molecule has 3 rings (SSSR count). The van der Waals surface area contributed by atoms with Gasteiger partial charge in [0, 0.05) is 22.8 Å². The Morgan fingerprint density at radius 2 is 2.14 bits per heavy atom. The summed E-state index contributed by atoms with van der Waals surface area (Å²) in [5, 5.41) is 10.8. The van der Waals surface area contributed by atoms with Crippen molar-refractivity contribution in [2.45, 2.75) is 33.2 Å². The normalized spacial score (nSPS) is 12.5. The SMILES string of the molecule is CCC(c1nc(C)c(C)s1)n1ccnc1-c1cccc(O)c1. The van der Waals surface area contributed by atoms with E-state index >= 15 is 0 Å². The van der Waals surface area contributed by atoms with Crippen LogP contribution in [0.3, 0.4) is 0 Å². The number of imidazole rings is 1. The van der Waals surface area contributed by atoms with Crippen molar-refractivity contribution in [3.63, 3.8) is 0 Å². The van der Waals surface area contributed by atoms with Crippen LogP contribution in [0.25, 0.3) is 11.4 Å². The maximum absolute atomic E-state index is 9.71. The second-order valence-corrected chi connectivity index (χ2v) is 6.56. The lowest BCUT2D eigenvalue weighted by molar-refractivity contribution is 0.475. The molecule has 0 spiro atoms. The van der Waals surface area contributed by atoms with Gasteiger partial charge < -0.3 is 9.67 Å². The Morgan fingerprint density at radius 1 is 1.32 bits per heavy atom. The van der Waals surface area contributed by atoms with Crippen LogP contribution >= 0.6 is 11.3 Å². The van der Waals surface area contributed by atoms with Gasteiger partial charge in [-0.25, -0.2) is 9.97 Å². The van der Waals surface area contributed by atoms with Crippen molar-refractivity contribution in [1.82, 2.24) is 14.5 Å². The number of benzene rings is 1. The average Bonchev–Trinajstić information content (AvgIpc) is 3.08. The molecule has 1 atom stereocenters. The summed E-state index contributed by atoms with van der Waals surface area (Å²) in [6.45, 7) is 6.31. The molecule has 0 radical (unpaired) electrons. The predicted octanol–water partition coefficient (Wildman–Crippen LogP) is 4.33. The van der Waals surface area contributed by atoms with Gasteiger partial charge in [-0.15, -0.1) is 11.3 Å². The van der Waals surface area contributed by atoms with E-state index < -0.39 is 0 Å². The van der Waals surface area contributed by atoms with Crippen molar-refractivity contribution in [1.29, 1.82) is 0 Å². The first-order valence-corrected chi connectivity index (χ1v) is 8.18. The summed E-state index contributed by atoms with van der Waals surface area (Å²) < 4.78 is 2.15. The summed E-state index contributed by atoms with van der Waals surface area (Å²) in [6.07, 6.45) is 4.73. The summed E-state index contributed by atoms with van der Waals surface area (Å²) in [4.78, 5) is 10.4. The molecule has 0 saturated carbocycles. The van der Waals surface area contributed by atoms with Gasteiger partial charge in [-0.1, -0.05) is 19.1 Å². The minimum Gasteiger partial charge on any atom is -0.508 e. The molecular weight excluding hydrogens is 294 g/mol. The van der Waals surface area contributed by atoms with Gasteiger partial charge in [0.25, 0.3) is 0 Å². The molecule has 0 aliphatic heterocycles. The van der Waals surface area contributed by atoms with E-state index in [0.717, 1.165) is 28.5 Å². The lowest BCUT2D eigenvalue weighted by Gasteiger charge is -2.17. The van der Waals surface area contributed by atoms with Crippen LogP contribution in [-0.2, 0) is 0 Å². The number of aromatic nitrogens is 3. The number of aryl methyl sites for hydroxylation is 2. The number of thiazole rings is 1. The summed E-state index contributed by atoms with van der Waals surface area (Å²) >= 11 is 1.74. The van der Waals surface area contributed by atoms with Crippen molar-refractivity contribution >= 4 is 11.3 Å². The fourth-order valence-electron chi connectivity index (χ4n) is 2.56. The van der Waals surface area contributed by atoms with Gasteiger partial charge >= 0.3 is 0 Å². The van der Waals surface area contributed by atoms with Gasteiger partial charge in [0.05, 0.1) is 11.7 Å². The molecule has 1 aromatic carbocycles. The molecule has 0 saturated heterocycles. The lowest BCUT2D eigenvalue weighted by Crippen LogP contribution is -2.10. The van der Waals surface area contributed by atoms with Gasteiger partial charge in [0.15, 0.2) is 0 Å². The molecule has 1 unspecified atom stereocenters. The highest BCUT2D eigenvalue weighted by Crippen LogP contribution is 2.32. The van der Waals surface area contributed by atoms with Crippen LogP contribution in [0.4, 0.5) is 0 Å². The minimum absolute atomic E-state index is 0.164. The zero-order valence-corrected chi connectivity index (χ0v) is 13.8. The zero-order chi connectivity index (χ0) is 15.7. The Balaban J connectivity index is 2.06. The highest BCUT2D eigenvalue weighted by atomic mass is 32.1. The minimum atomic E-state index is 0.164. The number of phenols is 1. The van der Waals surface area contributed by atoms with Crippen LogP contribution < -0.4 is 0 Å². The zero-order valence-electron chi connectivity index (χ0n) is 12.9. The molecule has 2 aromatic heterocycles. The third-order valence-corrected chi connectivity index (χ3v) is 5.00. The van der Waals surface area contributed by atoms with Crippen molar-refractivity contribution in [3.8, 4) is 17.1 Å². The molecule has 0 aliphatic carbocycles. The van der Waals surface area contributed by atoms with E-state index in [1.165, 1.54) is 4.88 Å². The standard InChI is InChI=1S/C17H19N3OS/c1-4-15(17-19-11(2)12(3)22-17)20-9-8-18-16(20)13-6-5-7-14(21)10-13/h5-10,15,21H,4H2,1-3H3. The van der Waals surface area contributed by atoms with Crippen molar-refractivity contribution < 1.29 is 5.11 Å². The van der Waals surface area contributed by atoms with E-state index in [9.17, 15) is 5.11 Å². The van der Waals surface area contributed by atoms with Crippen LogP contribution in [0.15, 0.2) is 36.7 Å². The van der Waals surface area contributed by atoms with E-state index in [4.69, 9.17) is 4.98 Å². The topological polar surface area (TPSA) is 50.9 Å². The third kappa shape index (κ3) is 2.64. The van der Waals surface area contributed by atoms with Crippen LogP contribution in [0.1, 0.15) is 35.0 Å². The Morgan fingerprint density at radius 3 is 2.77 bits per heavy atom. The number of rotatable bonds is 4. The average molecular weight is 313 g/mol.